The molecule has 1 N–H and O–H groups in total. The zero-order valence-corrected chi connectivity index (χ0v) is 10.8. The number of para-hydroxylation sites is 1. The Balaban J connectivity index is 2.34. The zero-order valence-electron chi connectivity index (χ0n) is 9.97. The number of aryl methyl sites for hydroxylation is 1. The van der Waals surface area contributed by atoms with E-state index in [1.54, 1.807) is 0 Å². The molecule has 0 aliphatic rings. The van der Waals surface area contributed by atoms with E-state index in [4.69, 9.17) is 12.2 Å². The van der Waals surface area contributed by atoms with Crippen LogP contribution in [0.3, 0.4) is 0 Å². The van der Waals surface area contributed by atoms with E-state index in [1.807, 2.05) is 42.5 Å². The van der Waals surface area contributed by atoms with Gasteiger partial charge in [-0.3, -0.25) is 0 Å². The van der Waals surface area contributed by atoms with Crippen molar-refractivity contribution in [2.45, 2.75) is 6.92 Å². The summed E-state index contributed by atoms with van der Waals surface area (Å²) in [4.78, 5) is 7.85. The lowest BCUT2D eigenvalue weighted by atomic mass is 10.1. The number of aromatic nitrogens is 2. The number of nitrogens with zero attached hydrogens (tertiary/aromatic N) is 1. The SMILES string of the molecule is Cc1cccc2c(=S)nc(-c3ccccc3)[nH]c12. The Morgan fingerprint density at radius 1 is 1.00 bits per heavy atom. The van der Waals surface area contributed by atoms with Crippen LogP contribution >= 0.6 is 12.2 Å². The fourth-order valence-electron chi connectivity index (χ4n) is 2.05. The summed E-state index contributed by atoms with van der Waals surface area (Å²) in [5, 5.41) is 1.00. The van der Waals surface area contributed by atoms with E-state index in [0.717, 1.165) is 22.3 Å². The first-order chi connectivity index (χ1) is 8.75. The summed E-state index contributed by atoms with van der Waals surface area (Å²) >= 11 is 5.37. The van der Waals surface area contributed by atoms with Crippen LogP contribution in [0.25, 0.3) is 22.3 Å². The average molecular weight is 252 g/mol. The average Bonchev–Trinajstić information content (AvgIpc) is 2.41. The van der Waals surface area contributed by atoms with Gasteiger partial charge in [0.25, 0.3) is 0 Å². The highest BCUT2D eigenvalue weighted by molar-refractivity contribution is 7.71. The van der Waals surface area contributed by atoms with E-state index >= 15 is 0 Å². The number of rotatable bonds is 1. The minimum Gasteiger partial charge on any atom is -0.339 e. The number of aromatic amines is 1. The van der Waals surface area contributed by atoms with E-state index in [0.29, 0.717) is 4.64 Å². The van der Waals surface area contributed by atoms with Gasteiger partial charge in [-0.2, -0.15) is 0 Å². The largest absolute Gasteiger partial charge is 0.339 e. The normalized spacial score (nSPS) is 10.7. The fourth-order valence-corrected chi connectivity index (χ4v) is 2.31. The maximum absolute atomic E-state index is 5.37. The second kappa shape index (κ2) is 4.35. The van der Waals surface area contributed by atoms with E-state index in [2.05, 4.69) is 23.0 Å². The second-order valence-electron chi connectivity index (χ2n) is 4.25. The first-order valence-corrected chi connectivity index (χ1v) is 6.21. The number of fused-ring (bicyclic) bond motifs is 1. The van der Waals surface area contributed by atoms with Crippen molar-refractivity contribution in [3.8, 4) is 11.4 Å². The van der Waals surface area contributed by atoms with Crippen LogP contribution in [0, 0.1) is 11.6 Å². The predicted octanol–water partition coefficient (Wildman–Crippen LogP) is 4.27. The van der Waals surface area contributed by atoms with Gasteiger partial charge < -0.3 is 4.98 Å². The maximum Gasteiger partial charge on any atom is 0.139 e. The molecule has 1 heterocycles. The van der Waals surface area contributed by atoms with E-state index in [1.165, 1.54) is 5.56 Å². The molecule has 0 aliphatic carbocycles. The molecule has 0 saturated carbocycles. The van der Waals surface area contributed by atoms with Gasteiger partial charge in [0.15, 0.2) is 0 Å². The van der Waals surface area contributed by atoms with Crippen LogP contribution in [-0.4, -0.2) is 9.97 Å². The molecule has 0 spiro atoms. The number of H-pyrrole nitrogens is 1. The molecule has 0 aliphatic heterocycles. The molecule has 3 heteroatoms. The van der Waals surface area contributed by atoms with Crippen molar-refractivity contribution >= 4 is 23.1 Å². The lowest BCUT2D eigenvalue weighted by Gasteiger charge is -2.06. The molecule has 1 aromatic heterocycles. The van der Waals surface area contributed by atoms with Gasteiger partial charge >= 0.3 is 0 Å². The highest BCUT2D eigenvalue weighted by Gasteiger charge is 2.04. The number of hydrogen-bond donors (Lipinski definition) is 1. The third kappa shape index (κ3) is 1.83. The summed E-state index contributed by atoms with van der Waals surface area (Å²) < 4.78 is 0.645. The van der Waals surface area contributed by atoms with Gasteiger partial charge in [-0.05, 0) is 18.6 Å². The molecule has 0 bridgehead atoms. The lowest BCUT2D eigenvalue weighted by molar-refractivity contribution is 1.20. The van der Waals surface area contributed by atoms with E-state index in [-0.39, 0.29) is 0 Å². The molecule has 18 heavy (non-hydrogen) atoms. The van der Waals surface area contributed by atoms with Gasteiger partial charge in [0, 0.05) is 10.9 Å². The van der Waals surface area contributed by atoms with Crippen LogP contribution in [0.5, 0.6) is 0 Å². The first kappa shape index (κ1) is 11.1. The van der Waals surface area contributed by atoms with Crippen molar-refractivity contribution < 1.29 is 0 Å². The van der Waals surface area contributed by atoms with Gasteiger partial charge in [0.1, 0.15) is 10.5 Å². The molecule has 2 aromatic carbocycles. The Hall–Kier alpha value is -2.00. The molecule has 3 rings (SSSR count). The van der Waals surface area contributed by atoms with Crippen LogP contribution in [0.15, 0.2) is 48.5 Å². The Labute approximate surface area is 110 Å². The molecular formula is C15H12N2S. The fraction of sp³-hybridized carbons (Fsp3) is 0.0667. The Bertz CT molecular complexity index is 760. The van der Waals surface area contributed by atoms with Crippen LogP contribution in [0.2, 0.25) is 0 Å². The highest BCUT2D eigenvalue weighted by atomic mass is 32.1. The van der Waals surface area contributed by atoms with Crippen LogP contribution < -0.4 is 0 Å². The number of hydrogen-bond acceptors (Lipinski definition) is 2. The van der Waals surface area contributed by atoms with Crippen molar-refractivity contribution in [3.63, 3.8) is 0 Å². The summed E-state index contributed by atoms with van der Waals surface area (Å²) in [6, 6.07) is 16.1. The predicted molar refractivity (Wildman–Crippen MR) is 77.1 cm³/mol. The third-order valence-electron chi connectivity index (χ3n) is 3.01. The summed E-state index contributed by atoms with van der Waals surface area (Å²) in [6.45, 7) is 2.07. The van der Waals surface area contributed by atoms with Gasteiger partial charge in [0.2, 0.25) is 0 Å². The molecule has 2 nitrogen and oxygen atoms in total. The second-order valence-corrected chi connectivity index (χ2v) is 4.64. The Morgan fingerprint density at radius 2 is 1.78 bits per heavy atom. The topological polar surface area (TPSA) is 28.7 Å². The van der Waals surface area contributed by atoms with Crippen LogP contribution in [0.4, 0.5) is 0 Å². The molecule has 0 fully saturated rings. The quantitative estimate of drug-likeness (QED) is 0.655. The van der Waals surface area contributed by atoms with Crippen LogP contribution in [-0.2, 0) is 0 Å². The minimum absolute atomic E-state index is 0.645. The minimum atomic E-state index is 0.645. The standard InChI is InChI=1S/C15H12N2S/c1-10-6-5-9-12-13(10)16-14(17-15(12)18)11-7-3-2-4-8-11/h2-9H,1H3,(H,16,17,18). The van der Waals surface area contributed by atoms with E-state index in [9.17, 15) is 0 Å². The third-order valence-corrected chi connectivity index (χ3v) is 3.32. The highest BCUT2D eigenvalue weighted by Crippen LogP contribution is 2.21. The molecule has 0 unspecified atom stereocenters. The summed E-state index contributed by atoms with van der Waals surface area (Å²) in [5.74, 6) is 0.822. The molecule has 3 aromatic rings. The van der Waals surface area contributed by atoms with Gasteiger partial charge in [-0.25, -0.2) is 4.98 Å². The van der Waals surface area contributed by atoms with Crippen molar-refractivity contribution in [2.24, 2.45) is 0 Å². The van der Waals surface area contributed by atoms with Gasteiger partial charge in [-0.15, -0.1) is 0 Å². The van der Waals surface area contributed by atoms with Crippen LogP contribution in [0.1, 0.15) is 5.56 Å². The molecule has 0 saturated heterocycles. The van der Waals surface area contributed by atoms with Crippen molar-refractivity contribution in [3.05, 3.63) is 58.7 Å². The lowest BCUT2D eigenvalue weighted by Crippen LogP contribution is -1.93. The molecule has 0 amide bonds. The molecule has 0 radical (unpaired) electrons. The van der Waals surface area contributed by atoms with Crippen molar-refractivity contribution in [2.75, 3.05) is 0 Å². The monoisotopic (exact) mass is 252 g/mol. The number of nitrogens with one attached hydrogen (secondary N) is 1. The summed E-state index contributed by atoms with van der Waals surface area (Å²) in [5.41, 5.74) is 3.29. The van der Waals surface area contributed by atoms with Gasteiger partial charge in [-0.1, -0.05) is 54.7 Å². The Kier molecular flexibility index (Phi) is 2.68. The first-order valence-electron chi connectivity index (χ1n) is 5.81. The van der Waals surface area contributed by atoms with E-state index < -0.39 is 0 Å². The molecular weight excluding hydrogens is 240 g/mol. The Morgan fingerprint density at radius 3 is 2.56 bits per heavy atom. The molecule has 0 atom stereocenters. The summed E-state index contributed by atoms with van der Waals surface area (Å²) in [6.07, 6.45) is 0. The van der Waals surface area contributed by atoms with Crippen molar-refractivity contribution in [1.29, 1.82) is 0 Å². The number of benzene rings is 2. The van der Waals surface area contributed by atoms with Gasteiger partial charge in [0.05, 0.1) is 5.52 Å². The summed E-state index contributed by atoms with van der Waals surface area (Å²) in [7, 11) is 0. The smallest absolute Gasteiger partial charge is 0.139 e. The zero-order chi connectivity index (χ0) is 12.5. The molecule has 88 valence electrons. The van der Waals surface area contributed by atoms with Crippen molar-refractivity contribution in [1.82, 2.24) is 9.97 Å². The maximum atomic E-state index is 5.37.